The third-order valence-corrected chi connectivity index (χ3v) is 8.99. The summed E-state index contributed by atoms with van der Waals surface area (Å²) in [7, 11) is -7.09. The number of hydrogen-bond donors (Lipinski definition) is 1. The van der Waals surface area contributed by atoms with Crippen molar-refractivity contribution in [2.24, 2.45) is 4.36 Å². The fraction of sp³-hybridized carbons (Fsp3) is 0.269. The van der Waals surface area contributed by atoms with Crippen LogP contribution in [0.2, 0.25) is 0 Å². The first kappa shape index (κ1) is 24.9. The number of benzene rings is 3. The van der Waals surface area contributed by atoms with E-state index in [4.69, 9.17) is 4.74 Å². The minimum Gasteiger partial charge on any atom is -0.492 e. The minimum absolute atomic E-state index is 0.0503. The van der Waals surface area contributed by atoms with E-state index in [0.717, 1.165) is 5.56 Å². The van der Waals surface area contributed by atoms with Crippen LogP contribution >= 0.6 is 0 Å². The van der Waals surface area contributed by atoms with E-state index >= 15 is 0 Å². The van der Waals surface area contributed by atoms with E-state index in [9.17, 15) is 17.4 Å². The Morgan fingerprint density at radius 1 is 0.971 bits per heavy atom. The second-order valence-corrected chi connectivity index (χ2v) is 13.4. The number of ether oxygens (including phenoxy) is 1. The molecule has 0 saturated carbocycles. The van der Waals surface area contributed by atoms with Crippen molar-refractivity contribution in [3.05, 3.63) is 82.9 Å². The molecule has 1 aliphatic rings. The molecule has 1 unspecified atom stereocenters. The lowest BCUT2D eigenvalue weighted by molar-refractivity contribution is 0.100. The van der Waals surface area contributed by atoms with Crippen LogP contribution in [0.5, 0.6) is 5.75 Å². The number of carbonyl (C=O) groups is 1. The molecular formula is C26H28N2O5S2. The zero-order valence-corrected chi connectivity index (χ0v) is 21.9. The van der Waals surface area contributed by atoms with Gasteiger partial charge in [0.1, 0.15) is 5.75 Å². The van der Waals surface area contributed by atoms with E-state index in [1.165, 1.54) is 18.4 Å². The van der Waals surface area contributed by atoms with Crippen molar-refractivity contribution in [1.29, 1.82) is 0 Å². The monoisotopic (exact) mass is 512 g/mol. The fourth-order valence-electron chi connectivity index (χ4n) is 4.11. The summed E-state index contributed by atoms with van der Waals surface area (Å²) in [6.45, 7) is 7.80. The smallest absolute Gasteiger partial charge is 0.287 e. The molecule has 9 heteroatoms. The number of fused-ring (bicyclic) bond motifs is 1. The zero-order valence-electron chi connectivity index (χ0n) is 20.3. The molecular weight excluding hydrogens is 484 g/mol. The van der Waals surface area contributed by atoms with Crippen LogP contribution in [-0.2, 0) is 25.2 Å². The largest absolute Gasteiger partial charge is 0.492 e. The van der Waals surface area contributed by atoms with E-state index in [-0.39, 0.29) is 16.1 Å². The quantitative estimate of drug-likeness (QED) is 0.514. The van der Waals surface area contributed by atoms with Gasteiger partial charge in [0.2, 0.25) is 0 Å². The highest BCUT2D eigenvalue weighted by Crippen LogP contribution is 2.46. The predicted molar refractivity (Wildman–Crippen MR) is 137 cm³/mol. The second-order valence-electron chi connectivity index (χ2n) is 9.42. The van der Waals surface area contributed by atoms with Crippen molar-refractivity contribution < 1.29 is 22.2 Å². The van der Waals surface area contributed by atoms with Crippen molar-refractivity contribution in [2.75, 3.05) is 17.6 Å². The van der Waals surface area contributed by atoms with Gasteiger partial charge in [-0.15, -0.1) is 0 Å². The molecule has 1 atom stereocenters. The highest BCUT2D eigenvalue weighted by Gasteiger charge is 2.39. The second kappa shape index (κ2) is 8.80. The van der Waals surface area contributed by atoms with Crippen LogP contribution in [0, 0.1) is 13.8 Å². The molecule has 1 heterocycles. The maximum Gasteiger partial charge on any atom is 0.287 e. The molecule has 0 radical (unpaired) electrons. The Hall–Kier alpha value is -3.17. The molecule has 0 aliphatic carbocycles. The normalized spacial score (nSPS) is 16.0. The number of amides is 1. The molecule has 0 saturated heterocycles. The molecule has 0 spiro atoms. The Morgan fingerprint density at radius 3 is 2.23 bits per heavy atom. The average Bonchev–Trinajstić information content (AvgIpc) is 3.10. The summed E-state index contributed by atoms with van der Waals surface area (Å²) in [4.78, 5) is 14.1. The highest BCUT2D eigenvalue weighted by molar-refractivity contribution is 7.93. The number of hydrogen-bond acceptors (Lipinski definition) is 5. The summed E-state index contributed by atoms with van der Waals surface area (Å²) in [6.07, 6.45) is 1.40. The summed E-state index contributed by atoms with van der Waals surface area (Å²) in [5.41, 5.74) is 1.70. The lowest BCUT2D eigenvalue weighted by Gasteiger charge is -2.21. The molecule has 1 amide bonds. The van der Waals surface area contributed by atoms with Gasteiger partial charge in [-0.1, -0.05) is 49.7 Å². The first-order valence-corrected chi connectivity index (χ1v) is 14.4. The maximum absolute atomic E-state index is 13.6. The summed E-state index contributed by atoms with van der Waals surface area (Å²) in [6, 6.07) is 16.5. The molecule has 4 rings (SSSR count). The Morgan fingerprint density at radius 2 is 1.60 bits per heavy atom. The standard InChI is InChI=1S/C26H28N2O5S2/c1-17-11-13-20(14-12-17)35(31,32)27-21-15-18(2)24-23(26(3,4)16-33-24)22(21)25(29)28-34(5,30)19-9-7-6-8-10-19/h6-15,27H,16H2,1-5H3. The van der Waals surface area contributed by atoms with Crippen LogP contribution in [0.3, 0.4) is 0 Å². The van der Waals surface area contributed by atoms with E-state index in [1.807, 2.05) is 20.8 Å². The maximum atomic E-state index is 13.6. The van der Waals surface area contributed by atoms with Crippen LogP contribution in [-0.4, -0.2) is 31.4 Å². The topological polar surface area (TPSA) is 102 Å². The van der Waals surface area contributed by atoms with Gasteiger partial charge in [-0.25, -0.2) is 12.6 Å². The Kier molecular flexibility index (Phi) is 6.27. The van der Waals surface area contributed by atoms with Crippen molar-refractivity contribution in [3.63, 3.8) is 0 Å². The molecule has 3 aromatic carbocycles. The average molecular weight is 513 g/mol. The van der Waals surface area contributed by atoms with Gasteiger partial charge >= 0.3 is 0 Å². The third-order valence-electron chi connectivity index (χ3n) is 5.95. The number of sulfonamides is 1. The van der Waals surface area contributed by atoms with Gasteiger partial charge in [-0.05, 0) is 49.7 Å². The summed E-state index contributed by atoms with van der Waals surface area (Å²) < 4.78 is 52.4. The van der Waals surface area contributed by atoms with Crippen molar-refractivity contribution in [3.8, 4) is 5.75 Å². The number of nitrogens with zero attached hydrogens (tertiary/aromatic N) is 1. The Bertz CT molecular complexity index is 1530. The molecule has 1 aliphatic heterocycles. The SMILES string of the molecule is Cc1ccc(S(=O)(=O)Nc2cc(C)c3c(c2C(=O)N=S(C)(=O)c2ccccc2)C(C)(C)CO3)cc1. The van der Waals surface area contributed by atoms with Crippen LogP contribution in [0.15, 0.2) is 74.8 Å². The van der Waals surface area contributed by atoms with Gasteiger partial charge in [0.15, 0.2) is 0 Å². The molecule has 0 bridgehead atoms. The Balaban J connectivity index is 1.91. The molecule has 0 aromatic heterocycles. The van der Waals surface area contributed by atoms with Crippen LogP contribution < -0.4 is 9.46 Å². The molecule has 0 fully saturated rings. The predicted octanol–water partition coefficient (Wildman–Crippen LogP) is 5.07. The number of aryl methyl sites for hydroxylation is 2. The van der Waals surface area contributed by atoms with Crippen molar-refractivity contribution >= 4 is 31.3 Å². The minimum atomic E-state index is -4.01. The molecule has 35 heavy (non-hydrogen) atoms. The third kappa shape index (κ3) is 4.83. The van der Waals surface area contributed by atoms with Crippen LogP contribution in [0.1, 0.15) is 40.9 Å². The lowest BCUT2D eigenvalue weighted by atomic mass is 9.82. The van der Waals surface area contributed by atoms with E-state index in [2.05, 4.69) is 9.08 Å². The number of nitrogens with one attached hydrogen (secondary N) is 1. The Labute approximate surface area is 206 Å². The van der Waals surface area contributed by atoms with Gasteiger partial charge in [0.25, 0.3) is 15.9 Å². The summed E-state index contributed by atoms with van der Waals surface area (Å²) in [5, 5.41) is 0. The van der Waals surface area contributed by atoms with Gasteiger partial charge in [0, 0.05) is 22.1 Å². The van der Waals surface area contributed by atoms with E-state index < -0.39 is 31.1 Å². The van der Waals surface area contributed by atoms with Gasteiger partial charge in [-0.2, -0.15) is 4.36 Å². The van der Waals surface area contributed by atoms with Gasteiger partial charge in [-0.3, -0.25) is 9.52 Å². The first-order valence-electron chi connectivity index (χ1n) is 11.0. The van der Waals surface area contributed by atoms with Crippen molar-refractivity contribution in [2.45, 2.75) is 42.9 Å². The lowest BCUT2D eigenvalue weighted by Crippen LogP contribution is -2.23. The number of anilines is 1. The van der Waals surface area contributed by atoms with Gasteiger partial charge < -0.3 is 4.74 Å². The van der Waals surface area contributed by atoms with Gasteiger partial charge in [0.05, 0.1) is 32.5 Å². The van der Waals surface area contributed by atoms with E-state index in [1.54, 1.807) is 55.5 Å². The van der Waals surface area contributed by atoms with E-state index in [0.29, 0.717) is 28.4 Å². The molecule has 7 nitrogen and oxygen atoms in total. The summed E-state index contributed by atoms with van der Waals surface area (Å²) >= 11 is 0. The number of rotatable bonds is 5. The van der Waals surface area contributed by atoms with Crippen molar-refractivity contribution in [1.82, 2.24) is 0 Å². The zero-order chi connectivity index (χ0) is 25.6. The highest BCUT2D eigenvalue weighted by atomic mass is 32.2. The summed E-state index contributed by atoms with van der Waals surface area (Å²) in [5.74, 6) is -0.244. The number of carbonyl (C=O) groups excluding carboxylic acids is 1. The van der Waals surface area contributed by atoms with Crippen LogP contribution in [0.25, 0.3) is 0 Å². The first-order chi connectivity index (χ1) is 16.3. The molecule has 1 N–H and O–H groups in total. The molecule has 3 aromatic rings. The molecule has 184 valence electrons. The van der Waals surface area contributed by atoms with Crippen LogP contribution in [0.4, 0.5) is 5.69 Å². The fourth-order valence-corrected chi connectivity index (χ4v) is 6.35.